The number of thiophene rings is 1. The van der Waals surface area contributed by atoms with E-state index in [1.807, 2.05) is 20.8 Å². The number of nitrogens with zero attached hydrogens (tertiary/aromatic N) is 1. The highest BCUT2D eigenvalue weighted by Gasteiger charge is 2.24. The second kappa shape index (κ2) is 3.38. The molecule has 13 heavy (non-hydrogen) atoms. The van der Waals surface area contributed by atoms with Gasteiger partial charge in [-0.15, -0.1) is 0 Å². The van der Waals surface area contributed by atoms with Crippen molar-refractivity contribution >= 4 is 32.3 Å². The van der Waals surface area contributed by atoms with Crippen LogP contribution in [-0.4, -0.2) is 4.92 Å². The maximum Gasteiger partial charge on any atom is 0.325 e. The lowest BCUT2D eigenvalue weighted by Gasteiger charge is -2.15. The highest BCUT2D eigenvalue weighted by atomic mass is 79.9. The summed E-state index contributed by atoms with van der Waals surface area (Å²) < 4.78 is 0.830. The van der Waals surface area contributed by atoms with Gasteiger partial charge in [0.15, 0.2) is 0 Å². The fourth-order valence-corrected chi connectivity index (χ4v) is 3.09. The smallest absolute Gasteiger partial charge is 0.258 e. The van der Waals surface area contributed by atoms with Crippen LogP contribution in [0.1, 0.15) is 25.6 Å². The topological polar surface area (TPSA) is 43.1 Å². The molecule has 1 heterocycles. The molecule has 0 fully saturated rings. The van der Waals surface area contributed by atoms with E-state index in [2.05, 4.69) is 15.9 Å². The van der Waals surface area contributed by atoms with Gasteiger partial charge in [0.1, 0.15) is 0 Å². The van der Waals surface area contributed by atoms with Crippen LogP contribution in [0.5, 0.6) is 0 Å². The second-order valence-electron chi connectivity index (χ2n) is 3.77. The summed E-state index contributed by atoms with van der Waals surface area (Å²) in [5, 5.41) is 10.7. The number of nitro groups is 1. The molecule has 1 aromatic rings. The first-order chi connectivity index (χ1) is 5.82. The number of halogens is 1. The van der Waals surface area contributed by atoms with E-state index >= 15 is 0 Å². The van der Waals surface area contributed by atoms with Crippen LogP contribution in [0.25, 0.3) is 0 Å². The van der Waals surface area contributed by atoms with Crippen molar-refractivity contribution in [2.24, 2.45) is 0 Å². The van der Waals surface area contributed by atoms with Gasteiger partial charge < -0.3 is 0 Å². The Kier molecular flexibility index (Phi) is 2.77. The van der Waals surface area contributed by atoms with Crippen molar-refractivity contribution in [1.29, 1.82) is 0 Å². The van der Waals surface area contributed by atoms with Crippen molar-refractivity contribution < 1.29 is 4.92 Å². The summed E-state index contributed by atoms with van der Waals surface area (Å²) in [6, 6.07) is 1.56. The van der Waals surface area contributed by atoms with Crippen molar-refractivity contribution in [3.05, 3.63) is 25.5 Å². The van der Waals surface area contributed by atoms with Crippen LogP contribution in [0, 0.1) is 10.1 Å². The minimum atomic E-state index is -0.356. The molecule has 0 spiro atoms. The van der Waals surface area contributed by atoms with Crippen molar-refractivity contribution in [3.63, 3.8) is 0 Å². The zero-order valence-corrected chi connectivity index (χ0v) is 10.0. The highest BCUT2D eigenvalue weighted by Crippen LogP contribution is 2.40. The van der Waals surface area contributed by atoms with Crippen molar-refractivity contribution in [2.45, 2.75) is 26.2 Å². The van der Waals surface area contributed by atoms with E-state index in [1.165, 1.54) is 11.3 Å². The van der Waals surface area contributed by atoms with Crippen LogP contribution in [0.4, 0.5) is 5.00 Å². The zero-order valence-electron chi connectivity index (χ0n) is 7.63. The Morgan fingerprint density at radius 1 is 1.54 bits per heavy atom. The molecule has 72 valence electrons. The van der Waals surface area contributed by atoms with Crippen molar-refractivity contribution in [2.75, 3.05) is 0 Å². The predicted molar refractivity (Wildman–Crippen MR) is 57.4 cm³/mol. The third-order valence-electron chi connectivity index (χ3n) is 1.53. The molecule has 5 heteroatoms. The fraction of sp³-hybridized carbons (Fsp3) is 0.500. The van der Waals surface area contributed by atoms with Gasteiger partial charge in [-0.1, -0.05) is 32.1 Å². The maximum absolute atomic E-state index is 10.5. The third-order valence-corrected chi connectivity index (χ3v) is 3.94. The van der Waals surface area contributed by atoms with Gasteiger partial charge in [0.2, 0.25) is 0 Å². The minimum absolute atomic E-state index is 0.0439. The highest BCUT2D eigenvalue weighted by molar-refractivity contribution is 9.10. The van der Waals surface area contributed by atoms with Crippen LogP contribution in [0.3, 0.4) is 0 Å². The molecule has 0 unspecified atom stereocenters. The first-order valence-electron chi connectivity index (χ1n) is 3.76. The first kappa shape index (κ1) is 10.7. The summed E-state index contributed by atoms with van der Waals surface area (Å²) in [5.74, 6) is 0. The molecule has 0 aliphatic rings. The Morgan fingerprint density at radius 2 is 2.08 bits per heavy atom. The molecule has 0 saturated carbocycles. The lowest BCUT2D eigenvalue weighted by atomic mass is 9.95. The predicted octanol–water partition coefficient (Wildman–Crippen LogP) is 3.72. The molecule has 0 aliphatic carbocycles. The Hall–Kier alpha value is -0.420. The average Bonchev–Trinajstić information content (AvgIpc) is 2.29. The Labute approximate surface area is 89.1 Å². The molecule has 0 aliphatic heterocycles. The van der Waals surface area contributed by atoms with E-state index in [1.54, 1.807) is 6.07 Å². The monoisotopic (exact) mass is 263 g/mol. The van der Waals surface area contributed by atoms with E-state index in [4.69, 9.17) is 0 Å². The molecule has 1 rings (SSSR count). The van der Waals surface area contributed by atoms with Crippen molar-refractivity contribution in [1.82, 2.24) is 0 Å². The number of hydrogen-bond acceptors (Lipinski definition) is 3. The molecule has 0 saturated heterocycles. The molecule has 0 aromatic carbocycles. The Morgan fingerprint density at radius 3 is 2.31 bits per heavy atom. The SMILES string of the molecule is CC(C)(C)c1sc([N+](=O)[O-])cc1Br. The van der Waals surface area contributed by atoms with Crippen molar-refractivity contribution in [3.8, 4) is 0 Å². The van der Waals surface area contributed by atoms with E-state index in [-0.39, 0.29) is 15.3 Å². The van der Waals surface area contributed by atoms with E-state index in [0.717, 1.165) is 9.35 Å². The van der Waals surface area contributed by atoms with Crippen LogP contribution in [0.2, 0.25) is 0 Å². The maximum atomic E-state index is 10.5. The van der Waals surface area contributed by atoms with E-state index in [9.17, 15) is 10.1 Å². The zero-order chi connectivity index (χ0) is 10.2. The Balaban J connectivity index is 3.18. The molecule has 0 N–H and O–H groups in total. The van der Waals surface area contributed by atoms with Gasteiger partial charge >= 0.3 is 5.00 Å². The molecule has 3 nitrogen and oxygen atoms in total. The van der Waals surface area contributed by atoms with Gasteiger partial charge in [0.25, 0.3) is 0 Å². The number of rotatable bonds is 1. The molecule has 0 amide bonds. The Bertz CT molecular complexity index is 340. The molecule has 0 bridgehead atoms. The normalized spacial score (nSPS) is 11.7. The largest absolute Gasteiger partial charge is 0.325 e. The molecule has 0 atom stereocenters. The van der Waals surface area contributed by atoms with Gasteiger partial charge in [-0.3, -0.25) is 10.1 Å². The summed E-state index contributed by atoms with van der Waals surface area (Å²) in [6.45, 7) is 6.11. The summed E-state index contributed by atoms with van der Waals surface area (Å²) >= 11 is 4.56. The average molecular weight is 264 g/mol. The summed E-state index contributed by atoms with van der Waals surface area (Å²) in [6.07, 6.45) is 0. The third kappa shape index (κ3) is 2.28. The van der Waals surface area contributed by atoms with Crippen LogP contribution in [0.15, 0.2) is 10.5 Å². The second-order valence-corrected chi connectivity index (χ2v) is 5.65. The van der Waals surface area contributed by atoms with Gasteiger partial charge in [0, 0.05) is 15.4 Å². The van der Waals surface area contributed by atoms with Crippen LogP contribution < -0.4 is 0 Å². The molecule has 1 aromatic heterocycles. The molecular formula is C8H10BrNO2S. The van der Waals surface area contributed by atoms with E-state index in [0.29, 0.717) is 0 Å². The molecular weight excluding hydrogens is 254 g/mol. The molecule has 0 radical (unpaired) electrons. The fourth-order valence-electron chi connectivity index (χ4n) is 0.958. The van der Waals surface area contributed by atoms with Gasteiger partial charge in [-0.05, 0) is 21.3 Å². The lowest BCUT2D eigenvalue weighted by molar-refractivity contribution is -0.380. The minimum Gasteiger partial charge on any atom is -0.258 e. The van der Waals surface area contributed by atoms with E-state index < -0.39 is 0 Å². The van der Waals surface area contributed by atoms with Gasteiger partial charge in [-0.25, -0.2) is 0 Å². The number of hydrogen-bond donors (Lipinski definition) is 0. The standard InChI is InChI=1S/C8H10BrNO2S/c1-8(2,3)7-5(9)4-6(13-7)10(11)12/h4H,1-3H3. The summed E-state index contributed by atoms with van der Waals surface area (Å²) in [5.41, 5.74) is -0.0439. The lowest BCUT2D eigenvalue weighted by Crippen LogP contribution is -2.08. The first-order valence-corrected chi connectivity index (χ1v) is 5.37. The van der Waals surface area contributed by atoms with Gasteiger partial charge in [0.05, 0.1) is 4.92 Å². The van der Waals surface area contributed by atoms with Crippen LogP contribution in [-0.2, 0) is 5.41 Å². The quantitative estimate of drug-likeness (QED) is 0.573. The van der Waals surface area contributed by atoms with Crippen LogP contribution >= 0.6 is 27.3 Å². The summed E-state index contributed by atoms with van der Waals surface area (Å²) in [4.78, 5) is 11.1. The summed E-state index contributed by atoms with van der Waals surface area (Å²) in [7, 11) is 0. The van der Waals surface area contributed by atoms with Gasteiger partial charge in [-0.2, -0.15) is 0 Å².